The number of carbonyl (C=O) groups is 2. The van der Waals surface area contributed by atoms with Crippen LogP contribution in [0.15, 0.2) is 90.1 Å². The number of nitriles is 1. The average molecular weight is 852 g/mol. The molecule has 3 N–H and O–H groups in total. The number of oxime groups is 1. The van der Waals surface area contributed by atoms with E-state index in [2.05, 4.69) is 23.9 Å². The Kier molecular flexibility index (Phi) is 16.3. The number of aliphatic hydroxyl groups is 3. The number of methoxy groups -OCH3 is 1. The first-order valence-electron chi connectivity index (χ1n) is 21.2. The van der Waals surface area contributed by atoms with Crippen molar-refractivity contribution in [3.8, 4) is 29.1 Å². The number of aliphatic hydroxyl groups excluding tert-OH is 3. The summed E-state index contributed by atoms with van der Waals surface area (Å²) < 4.78 is 31.9. The molecule has 0 aromatic heterocycles. The molecule has 6 unspecified atom stereocenters. The van der Waals surface area contributed by atoms with E-state index in [0.717, 1.165) is 36.8 Å². The van der Waals surface area contributed by atoms with Gasteiger partial charge in [0.25, 0.3) is 5.91 Å². The fourth-order valence-corrected chi connectivity index (χ4v) is 9.41. The van der Waals surface area contributed by atoms with Crippen LogP contribution in [0.25, 0.3) is 0 Å². The first-order chi connectivity index (χ1) is 30.3. The van der Waals surface area contributed by atoms with E-state index in [1.807, 2.05) is 12.1 Å². The zero-order chi connectivity index (χ0) is 44.1. The van der Waals surface area contributed by atoms with Crippen LogP contribution in [0.2, 0.25) is 0 Å². The summed E-state index contributed by atoms with van der Waals surface area (Å²) in [5, 5.41) is 43.5. The highest BCUT2D eigenvalue weighted by atomic mass is 16.7. The number of nitrogens with zero attached hydrogens (tertiary/aromatic N) is 3. The summed E-state index contributed by atoms with van der Waals surface area (Å²) >= 11 is 0. The van der Waals surface area contributed by atoms with Crippen LogP contribution in [0.1, 0.15) is 82.7 Å². The molecule has 62 heavy (non-hydrogen) atoms. The summed E-state index contributed by atoms with van der Waals surface area (Å²) in [4.78, 5) is 34.1. The van der Waals surface area contributed by atoms with E-state index in [1.165, 1.54) is 14.2 Å². The molecule has 2 aliphatic carbocycles. The topological polar surface area (TPSA) is 190 Å². The van der Waals surface area contributed by atoms with Crippen molar-refractivity contribution in [1.29, 1.82) is 5.26 Å². The van der Waals surface area contributed by atoms with E-state index in [4.69, 9.17) is 28.5 Å². The molecular formula is C48H57N3O11. The fourth-order valence-electron chi connectivity index (χ4n) is 9.41. The van der Waals surface area contributed by atoms with Gasteiger partial charge in [-0.1, -0.05) is 30.1 Å². The summed E-state index contributed by atoms with van der Waals surface area (Å²) in [5.41, 5.74) is 3.44. The Bertz CT molecular complexity index is 2120. The molecule has 0 radical (unpaired) electrons. The lowest BCUT2D eigenvalue weighted by Crippen LogP contribution is -2.70. The Labute approximate surface area is 362 Å². The molecule has 3 aromatic rings. The number of unbranched alkanes of at least 4 members (excludes halogenated alkanes) is 2. The zero-order valence-electron chi connectivity index (χ0n) is 35.4. The highest BCUT2D eigenvalue weighted by Gasteiger charge is 2.65. The van der Waals surface area contributed by atoms with Gasteiger partial charge in [-0.15, -0.1) is 6.58 Å². The van der Waals surface area contributed by atoms with Crippen molar-refractivity contribution in [3.63, 3.8) is 0 Å². The Balaban J connectivity index is 1.58. The molecule has 6 rings (SSSR count). The number of hydrogen-bond acceptors (Lipinski definition) is 13. The number of amides is 1. The predicted octanol–water partition coefficient (Wildman–Crippen LogP) is 6.59. The molecule has 14 nitrogen and oxygen atoms in total. The summed E-state index contributed by atoms with van der Waals surface area (Å²) in [6.07, 6.45) is 9.07. The average Bonchev–Trinajstić information content (AvgIpc) is 3.30. The zero-order valence-corrected chi connectivity index (χ0v) is 35.4. The van der Waals surface area contributed by atoms with Gasteiger partial charge in [0.2, 0.25) is 5.79 Å². The van der Waals surface area contributed by atoms with Crippen molar-refractivity contribution in [1.82, 2.24) is 4.90 Å². The summed E-state index contributed by atoms with van der Waals surface area (Å²) in [7, 11) is 2.99. The second-order valence-corrected chi connectivity index (χ2v) is 15.6. The minimum absolute atomic E-state index is 0.0164. The summed E-state index contributed by atoms with van der Waals surface area (Å²) in [5.74, 6) is -0.856. The highest BCUT2D eigenvalue weighted by molar-refractivity contribution is 6.03. The largest absolute Gasteiger partial charge is 0.496 e. The van der Waals surface area contributed by atoms with Crippen molar-refractivity contribution in [3.05, 3.63) is 107 Å². The smallest absolute Gasteiger partial charge is 0.254 e. The molecule has 6 atom stereocenters. The van der Waals surface area contributed by atoms with Crippen LogP contribution in [0.4, 0.5) is 0 Å². The minimum atomic E-state index is -1.52. The van der Waals surface area contributed by atoms with Crippen LogP contribution in [0, 0.1) is 29.1 Å². The van der Waals surface area contributed by atoms with Crippen LogP contribution < -0.4 is 14.2 Å². The second kappa shape index (κ2) is 22.0. The molecule has 0 saturated heterocycles. The number of rotatable bonds is 23. The minimum Gasteiger partial charge on any atom is -0.496 e. The Morgan fingerprint density at radius 1 is 0.984 bits per heavy atom. The molecule has 1 fully saturated rings. The molecular weight excluding hydrogens is 795 g/mol. The van der Waals surface area contributed by atoms with Crippen molar-refractivity contribution < 1.29 is 53.4 Å². The van der Waals surface area contributed by atoms with Crippen molar-refractivity contribution >= 4 is 17.9 Å². The van der Waals surface area contributed by atoms with Crippen molar-refractivity contribution in [2.75, 3.05) is 60.4 Å². The fraction of sp³-hybridized carbons (Fsp3) is 0.458. The van der Waals surface area contributed by atoms with E-state index >= 15 is 0 Å². The maximum atomic E-state index is 14.9. The monoisotopic (exact) mass is 851 g/mol. The third-order valence-corrected chi connectivity index (χ3v) is 12.0. The molecule has 1 heterocycles. The standard InChI is InChI=1S/C48H57N3O11/c1-4-23-60-48-44(51(19-24-59-25-22-54)47(56)33-13-11-32(30-49)12-14-33)29-41(50-58-3)39-27-34(9-5-7-20-52)38(10-6-8-21-53)45(46(39)48)40-28-37(16-18-43(40)62-48)61-36-15-17-42(57-2)35(26-36)31-55/h4,11-18,26-28,31,34,38,44-46,52-54H,1,5-10,19-25,29H2,2-3H3. The van der Waals surface area contributed by atoms with Gasteiger partial charge in [0.05, 0.1) is 62.4 Å². The van der Waals surface area contributed by atoms with Gasteiger partial charge >= 0.3 is 0 Å². The first-order valence-corrected chi connectivity index (χ1v) is 21.2. The Hall–Kier alpha value is -5.56. The van der Waals surface area contributed by atoms with Gasteiger partial charge in [0.1, 0.15) is 36.1 Å². The second-order valence-electron chi connectivity index (χ2n) is 15.6. The van der Waals surface area contributed by atoms with E-state index < -0.39 is 17.7 Å². The van der Waals surface area contributed by atoms with E-state index in [1.54, 1.807) is 59.5 Å². The molecule has 14 heteroatoms. The van der Waals surface area contributed by atoms with Gasteiger partial charge in [-0.2, -0.15) is 5.26 Å². The number of fused-ring (bicyclic) bond motifs is 2. The van der Waals surface area contributed by atoms with Gasteiger partial charge < -0.3 is 48.7 Å². The van der Waals surface area contributed by atoms with E-state index in [-0.39, 0.29) is 76.3 Å². The lowest BCUT2D eigenvalue weighted by Gasteiger charge is -2.60. The van der Waals surface area contributed by atoms with Crippen molar-refractivity contribution in [2.24, 2.45) is 22.9 Å². The molecule has 0 spiro atoms. The van der Waals surface area contributed by atoms with Crippen LogP contribution >= 0.6 is 0 Å². The number of carbonyl (C=O) groups excluding carboxylic acids is 2. The van der Waals surface area contributed by atoms with Crippen LogP contribution in [-0.2, 0) is 14.3 Å². The van der Waals surface area contributed by atoms with Gasteiger partial charge in [0.15, 0.2) is 6.29 Å². The molecule has 0 bridgehead atoms. The third kappa shape index (κ3) is 9.88. The van der Waals surface area contributed by atoms with E-state index in [0.29, 0.717) is 64.5 Å². The lowest BCUT2D eigenvalue weighted by molar-refractivity contribution is -0.254. The number of allylic oxidation sites excluding steroid dienone is 1. The maximum absolute atomic E-state index is 14.9. The molecule has 3 aliphatic rings. The lowest BCUT2D eigenvalue weighted by atomic mass is 9.55. The predicted molar refractivity (Wildman–Crippen MR) is 231 cm³/mol. The Morgan fingerprint density at radius 2 is 1.73 bits per heavy atom. The van der Waals surface area contributed by atoms with Crippen molar-refractivity contribution in [2.45, 2.75) is 62.7 Å². The molecule has 1 aliphatic heterocycles. The first kappa shape index (κ1) is 46.0. The Morgan fingerprint density at radius 3 is 2.40 bits per heavy atom. The van der Waals surface area contributed by atoms with Crippen LogP contribution in [0.5, 0.6) is 23.0 Å². The number of aldehydes is 1. The molecule has 3 aromatic carbocycles. The molecule has 330 valence electrons. The number of ether oxygens (including phenoxy) is 5. The molecule has 1 amide bonds. The van der Waals surface area contributed by atoms with Crippen LogP contribution in [0.3, 0.4) is 0 Å². The normalized spacial score (nSPS) is 22.9. The SMILES string of the molecule is C=CCOC12Oc3ccc(Oc4ccc(OC)c(C=O)c4)cc3C3C(CCCCO)C(CCCCO)C=C(C(=NOC)CC1N(CCOCCO)C(=O)c1ccc(C#N)cc1)C32. The van der Waals surface area contributed by atoms with Crippen LogP contribution in [-0.4, -0.2) is 110 Å². The summed E-state index contributed by atoms with van der Waals surface area (Å²) in [6, 6.07) is 18.4. The van der Waals surface area contributed by atoms with Gasteiger partial charge in [-0.25, -0.2) is 0 Å². The molecule has 1 saturated carbocycles. The highest BCUT2D eigenvalue weighted by Crippen LogP contribution is 2.62. The quantitative estimate of drug-likeness (QED) is 0.0403. The number of hydrogen-bond donors (Lipinski definition) is 3. The van der Waals surface area contributed by atoms with Gasteiger partial charge in [0, 0.05) is 43.2 Å². The summed E-state index contributed by atoms with van der Waals surface area (Å²) in [6.45, 7) is 4.25. The van der Waals surface area contributed by atoms with Gasteiger partial charge in [-0.3, -0.25) is 9.59 Å². The van der Waals surface area contributed by atoms with E-state index in [9.17, 15) is 30.2 Å². The maximum Gasteiger partial charge on any atom is 0.254 e. The number of benzene rings is 3. The van der Waals surface area contributed by atoms with Gasteiger partial charge in [-0.05, 0) is 104 Å². The third-order valence-electron chi connectivity index (χ3n) is 12.0.